The first kappa shape index (κ1) is 13.1. The van der Waals surface area contributed by atoms with Crippen molar-refractivity contribution in [1.82, 2.24) is 9.97 Å². The number of fused-ring (bicyclic) bond motifs is 1. The Morgan fingerprint density at radius 1 is 1.58 bits per heavy atom. The number of amides is 1. The van der Waals surface area contributed by atoms with Crippen LogP contribution in [0.1, 0.15) is 19.8 Å². The summed E-state index contributed by atoms with van der Waals surface area (Å²) in [5, 5.41) is 5.49. The molecule has 1 aliphatic heterocycles. The molecule has 0 radical (unpaired) electrons. The van der Waals surface area contributed by atoms with Gasteiger partial charge in [-0.05, 0) is 6.42 Å². The van der Waals surface area contributed by atoms with Crippen LogP contribution in [-0.2, 0) is 4.79 Å². The quantitative estimate of drug-likeness (QED) is 0.689. The number of carbonyl (C=O) groups excluding carboxylic acids is 1. The Balaban J connectivity index is 2.22. The first-order valence-electron chi connectivity index (χ1n) is 6.14. The van der Waals surface area contributed by atoms with Gasteiger partial charge in [0.2, 0.25) is 5.91 Å². The lowest BCUT2D eigenvalue weighted by Crippen LogP contribution is -2.29. The maximum Gasteiger partial charge on any atom is 0.321 e. The lowest BCUT2D eigenvalue weighted by molar-refractivity contribution is -0.114. The summed E-state index contributed by atoms with van der Waals surface area (Å²) in [5.74, 6) is 0.479. The molecule has 1 unspecified atom stereocenters. The molecule has 4 N–H and O–H groups in total. The van der Waals surface area contributed by atoms with Crippen molar-refractivity contribution in [3.63, 3.8) is 0 Å². The van der Waals surface area contributed by atoms with Crippen molar-refractivity contribution in [3.05, 3.63) is 12.7 Å². The molecule has 0 bridgehead atoms. The van der Waals surface area contributed by atoms with E-state index in [1.54, 1.807) is 6.08 Å². The second-order valence-corrected chi connectivity index (χ2v) is 4.20. The van der Waals surface area contributed by atoms with Crippen LogP contribution in [0.25, 0.3) is 0 Å². The molecule has 7 nitrogen and oxygen atoms in total. The van der Waals surface area contributed by atoms with Gasteiger partial charge in [-0.1, -0.05) is 26.0 Å². The van der Waals surface area contributed by atoms with Crippen molar-refractivity contribution < 1.29 is 9.53 Å². The van der Waals surface area contributed by atoms with Crippen LogP contribution in [0.3, 0.4) is 0 Å². The van der Waals surface area contributed by atoms with Gasteiger partial charge in [0.1, 0.15) is 11.8 Å². The van der Waals surface area contributed by atoms with E-state index in [-0.39, 0.29) is 30.4 Å². The Morgan fingerprint density at radius 3 is 3.05 bits per heavy atom. The minimum absolute atomic E-state index is 0.152. The van der Waals surface area contributed by atoms with Crippen LogP contribution in [0.4, 0.5) is 17.3 Å². The van der Waals surface area contributed by atoms with E-state index in [1.165, 1.54) is 0 Å². The van der Waals surface area contributed by atoms with Crippen molar-refractivity contribution >= 4 is 23.2 Å². The van der Waals surface area contributed by atoms with Crippen molar-refractivity contribution in [2.24, 2.45) is 0 Å². The van der Waals surface area contributed by atoms with Crippen LogP contribution in [0.5, 0.6) is 6.01 Å². The average Bonchev–Trinajstić information content (AvgIpc) is 2.39. The van der Waals surface area contributed by atoms with Crippen LogP contribution in [0, 0.1) is 0 Å². The normalized spacial score (nSPS) is 14.9. The van der Waals surface area contributed by atoms with Crippen molar-refractivity contribution in [2.75, 3.05) is 22.9 Å². The zero-order chi connectivity index (χ0) is 13.8. The first-order chi connectivity index (χ1) is 9.13. The van der Waals surface area contributed by atoms with Gasteiger partial charge in [0.15, 0.2) is 11.6 Å². The predicted octanol–water partition coefficient (Wildman–Crippen LogP) is 1.16. The number of hydrogen-bond donors (Lipinski definition) is 3. The van der Waals surface area contributed by atoms with E-state index in [2.05, 4.69) is 34.1 Å². The lowest BCUT2D eigenvalue weighted by Gasteiger charge is -2.20. The van der Waals surface area contributed by atoms with Crippen molar-refractivity contribution in [1.29, 1.82) is 0 Å². The number of anilines is 3. The number of ether oxygens (including phenoxy) is 1. The summed E-state index contributed by atoms with van der Waals surface area (Å²) in [6, 6.07) is 0.179. The monoisotopic (exact) mass is 263 g/mol. The van der Waals surface area contributed by atoms with Gasteiger partial charge in [0.25, 0.3) is 0 Å². The highest BCUT2D eigenvalue weighted by atomic mass is 16.5. The smallest absolute Gasteiger partial charge is 0.321 e. The van der Waals surface area contributed by atoms with Crippen molar-refractivity contribution in [2.45, 2.75) is 25.9 Å². The topological polar surface area (TPSA) is 102 Å². The Kier molecular flexibility index (Phi) is 3.84. The molecule has 102 valence electrons. The maximum absolute atomic E-state index is 11.2. The van der Waals surface area contributed by atoms with E-state index in [4.69, 9.17) is 10.5 Å². The van der Waals surface area contributed by atoms with Crippen LogP contribution >= 0.6 is 0 Å². The summed E-state index contributed by atoms with van der Waals surface area (Å²) in [7, 11) is 0. The molecular weight excluding hydrogens is 246 g/mol. The second-order valence-electron chi connectivity index (χ2n) is 4.20. The number of aromatic nitrogens is 2. The summed E-state index contributed by atoms with van der Waals surface area (Å²) in [5.41, 5.74) is 6.18. The van der Waals surface area contributed by atoms with E-state index in [1.807, 2.05) is 0 Å². The summed E-state index contributed by atoms with van der Waals surface area (Å²) in [6.07, 6.45) is 3.34. The van der Waals surface area contributed by atoms with E-state index < -0.39 is 0 Å². The van der Waals surface area contributed by atoms with Gasteiger partial charge >= 0.3 is 6.01 Å². The fraction of sp³-hybridized carbons (Fsp3) is 0.417. The maximum atomic E-state index is 11.2. The molecule has 2 heterocycles. The molecule has 0 aliphatic carbocycles. The molecule has 1 aromatic heterocycles. The Labute approximate surface area is 111 Å². The number of nitrogen functional groups attached to an aromatic ring is 1. The summed E-state index contributed by atoms with van der Waals surface area (Å²) in [4.78, 5) is 19.5. The lowest BCUT2D eigenvalue weighted by atomic mass is 10.2. The van der Waals surface area contributed by atoms with Gasteiger partial charge in [-0.15, -0.1) is 0 Å². The Morgan fingerprint density at radius 2 is 2.37 bits per heavy atom. The minimum atomic E-state index is -0.175. The molecular formula is C12H17N5O2. The predicted molar refractivity (Wildman–Crippen MR) is 73.1 cm³/mol. The largest absolute Gasteiger partial charge is 0.456 e. The highest BCUT2D eigenvalue weighted by Crippen LogP contribution is 2.29. The number of hydrogen-bond acceptors (Lipinski definition) is 6. The van der Waals surface area contributed by atoms with Gasteiger partial charge in [-0.25, -0.2) is 0 Å². The number of carbonyl (C=O) groups is 1. The average molecular weight is 263 g/mol. The molecule has 2 rings (SSSR count). The molecule has 0 saturated carbocycles. The highest BCUT2D eigenvalue weighted by molar-refractivity contribution is 6.02. The van der Waals surface area contributed by atoms with E-state index in [0.29, 0.717) is 11.5 Å². The SMILES string of the molecule is C=CC(CCC)Oc1nc(N)c2c(n1)NCC(=O)N2. The molecule has 1 aliphatic rings. The number of nitrogens with zero attached hydrogens (tertiary/aromatic N) is 2. The van der Waals surface area contributed by atoms with E-state index >= 15 is 0 Å². The molecule has 1 aromatic rings. The third kappa shape index (κ3) is 2.93. The zero-order valence-corrected chi connectivity index (χ0v) is 10.8. The van der Waals surface area contributed by atoms with Crippen LogP contribution in [0.2, 0.25) is 0 Å². The van der Waals surface area contributed by atoms with Gasteiger partial charge in [0.05, 0.1) is 6.54 Å². The Bertz CT molecular complexity index is 503. The van der Waals surface area contributed by atoms with Crippen LogP contribution < -0.4 is 21.1 Å². The number of rotatable bonds is 5. The third-order valence-corrected chi connectivity index (χ3v) is 2.69. The zero-order valence-electron chi connectivity index (χ0n) is 10.8. The molecule has 0 fully saturated rings. The summed E-state index contributed by atoms with van der Waals surface area (Å²) >= 11 is 0. The van der Waals surface area contributed by atoms with Gasteiger partial charge in [-0.2, -0.15) is 9.97 Å². The second kappa shape index (κ2) is 5.55. The van der Waals surface area contributed by atoms with E-state index in [0.717, 1.165) is 12.8 Å². The number of nitrogens with two attached hydrogens (primary N) is 1. The molecule has 7 heteroatoms. The minimum Gasteiger partial charge on any atom is -0.456 e. The molecule has 19 heavy (non-hydrogen) atoms. The first-order valence-corrected chi connectivity index (χ1v) is 6.14. The molecule has 0 spiro atoms. The Hall–Kier alpha value is -2.31. The van der Waals surface area contributed by atoms with Gasteiger partial charge in [0, 0.05) is 0 Å². The van der Waals surface area contributed by atoms with Gasteiger partial charge in [-0.3, -0.25) is 4.79 Å². The highest BCUT2D eigenvalue weighted by Gasteiger charge is 2.21. The van der Waals surface area contributed by atoms with Crippen LogP contribution in [-0.4, -0.2) is 28.5 Å². The number of nitrogens with one attached hydrogen (secondary N) is 2. The molecule has 1 atom stereocenters. The summed E-state index contributed by atoms with van der Waals surface area (Å²) < 4.78 is 5.60. The summed E-state index contributed by atoms with van der Waals surface area (Å²) in [6.45, 7) is 5.92. The molecule has 0 saturated heterocycles. The standard InChI is InChI=1S/C12H17N5O2/c1-3-5-7(4-2)19-12-16-10(13)9-11(17-12)14-6-8(18)15-9/h4,7H,2-3,5-6H2,1H3,(H,15,18)(H3,13,14,16,17). The molecule has 0 aromatic carbocycles. The van der Waals surface area contributed by atoms with Gasteiger partial charge < -0.3 is 21.1 Å². The van der Waals surface area contributed by atoms with Crippen molar-refractivity contribution in [3.8, 4) is 6.01 Å². The van der Waals surface area contributed by atoms with Crippen LogP contribution in [0.15, 0.2) is 12.7 Å². The fourth-order valence-corrected chi connectivity index (χ4v) is 1.75. The third-order valence-electron chi connectivity index (χ3n) is 2.69. The fourth-order valence-electron chi connectivity index (χ4n) is 1.75. The molecule has 1 amide bonds. The van der Waals surface area contributed by atoms with E-state index in [9.17, 15) is 4.79 Å².